The molecule has 2 fully saturated rings. The molecule has 9 nitrogen and oxygen atoms in total. The number of rotatable bonds is 4. The molecule has 1 aliphatic carbocycles. The monoisotopic (exact) mass is 416 g/mol. The summed E-state index contributed by atoms with van der Waals surface area (Å²) in [6, 6.07) is 0.219. The van der Waals surface area contributed by atoms with Gasteiger partial charge in [0.05, 0.1) is 5.41 Å². The minimum atomic E-state index is -0.259. The summed E-state index contributed by atoms with van der Waals surface area (Å²) < 4.78 is 1.89. The van der Waals surface area contributed by atoms with E-state index < -0.39 is 0 Å². The number of likely N-dealkylation sites (tertiary alicyclic amines) is 1. The van der Waals surface area contributed by atoms with Gasteiger partial charge in [0, 0.05) is 72.8 Å². The zero-order chi connectivity index (χ0) is 21.0. The van der Waals surface area contributed by atoms with Gasteiger partial charge in [-0.25, -0.2) is 15.0 Å². The number of hydrogen-bond donors (Lipinski definition) is 2. The lowest BCUT2D eigenvalue weighted by molar-refractivity contribution is -0.145. The molecule has 1 amide bonds. The Balaban J connectivity index is 1.18. The smallest absolute Gasteiger partial charge is 0.233 e. The van der Waals surface area contributed by atoms with Crippen molar-refractivity contribution in [1.29, 1.82) is 0 Å². The van der Waals surface area contributed by atoms with Crippen LogP contribution >= 0.6 is 0 Å². The molecular formula is C22H24N8O. The van der Waals surface area contributed by atoms with E-state index in [2.05, 4.69) is 37.2 Å². The molecule has 0 bridgehead atoms. The first-order valence-corrected chi connectivity index (χ1v) is 10.8. The summed E-state index contributed by atoms with van der Waals surface area (Å²) in [5.74, 6) is 1.56. The Morgan fingerprint density at radius 2 is 2.03 bits per heavy atom. The van der Waals surface area contributed by atoms with Crippen LogP contribution in [0.2, 0.25) is 0 Å². The van der Waals surface area contributed by atoms with Crippen molar-refractivity contribution in [2.24, 2.45) is 5.41 Å². The highest BCUT2D eigenvalue weighted by Gasteiger charge is 2.48. The van der Waals surface area contributed by atoms with Crippen molar-refractivity contribution in [2.75, 3.05) is 18.4 Å². The van der Waals surface area contributed by atoms with Crippen molar-refractivity contribution in [3.8, 4) is 11.1 Å². The predicted octanol–water partition coefficient (Wildman–Crippen LogP) is 2.87. The second-order valence-corrected chi connectivity index (χ2v) is 8.94. The molecule has 1 saturated heterocycles. The standard InChI is InChI=1S/C22H24N8O/c1-22(19(31)29-5-2-3-6-29)8-15(9-22)27-20-25-12-17-16(11-24-18(17)28-20)14-10-26-21-23-4-7-30(21)13-14/h4,7,10-13,15H,2-3,5-6,8-9H2,1H3,(H2,24,25,27,28)/t15-,22-. The van der Waals surface area contributed by atoms with Crippen LogP contribution in [0.15, 0.2) is 37.2 Å². The summed E-state index contributed by atoms with van der Waals surface area (Å²) >= 11 is 0. The maximum atomic E-state index is 12.8. The van der Waals surface area contributed by atoms with Crippen LogP contribution in [0.5, 0.6) is 0 Å². The molecule has 9 heteroatoms. The molecule has 1 aliphatic heterocycles. The van der Waals surface area contributed by atoms with E-state index >= 15 is 0 Å². The first-order chi connectivity index (χ1) is 15.1. The molecule has 158 valence electrons. The molecule has 2 N–H and O–H groups in total. The fraction of sp³-hybridized carbons (Fsp3) is 0.409. The van der Waals surface area contributed by atoms with Crippen LogP contribution < -0.4 is 5.32 Å². The highest BCUT2D eigenvalue weighted by Crippen LogP contribution is 2.44. The molecular weight excluding hydrogens is 392 g/mol. The fourth-order valence-corrected chi connectivity index (χ4v) is 4.96. The quantitative estimate of drug-likeness (QED) is 0.530. The van der Waals surface area contributed by atoms with E-state index in [1.807, 2.05) is 40.3 Å². The molecule has 0 atom stereocenters. The molecule has 0 radical (unpaired) electrons. The van der Waals surface area contributed by atoms with E-state index in [-0.39, 0.29) is 11.5 Å². The molecule has 4 aromatic rings. The Morgan fingerprint density at radius 3 is 2.87 bits per heavy atom. The molecule has 6 rings (SSSR count). The van der Waals surface area contributed by atoms with E-state index in [0.29, 0.717) is 17.6 Å². The van der Waals surface area contributed by atoms with Crippen molar-refractivity contribution >= 4 is 28.7 Å². The lowest BCUT2D eigenvalue weighted by Gasteiger charge is -2.45. The van der Waals surface area contributed by atoms with Crippen LogP contribution in [-0.2, 0) is 4.79 Å². The maximum absolute atomic E-state index is 12.8. The maximum Gasteiger partial charge on any atom is 0.233 e. The van der Waals surface area contributed by atoms with Gasteiger partial charge < -0.3 is 15.2 Å². The number of carbonyl (C=O) groups is 1. The van der Waals surface area contributed by atoms with E-state index in [9.17, 15) is 4.79 Å². The number of aromatic nitrogens is 6. The average Bonchev–Trinajstić information content (AvgIpc) is 3.51. The molecule has 5 heterocycles. The van der Waals surface area contributed by atoms with Gasteiger partial charge in [-0.05, 0) is 25.7 Å². The summed E-state index contributed by atoms with van der Waals surface area (Å²) in [6.07, 6.45) is 15.1. The predicted molar refractivity (Wildman–Crippen MR) is 116 cm³/mol. The minimum absolute atomic E-state index is 0.219. The highest BCUT2D eigenvalue weighted by atomic mass is 16.2. The Kier molecular flexibility index (Phi) is 3.99. The largest absolute Gasteiger partial charge is 0.351 e. The van der Waals surface area contributed by atoms with E-state index in [4.69, 9.17) is 0 Å². The highest BCUT2D eigenvalue weighted by molar-refractivity contribution is 5.93. The van der Waals surface area contributed by atoms with Gasteiger partial charge in [-0.3, -0.25) is 9.20 Å². The average molecular weight is 416 g/mol. The first kappa shape index (κ1) is 18.3. The Hall–Kier alpha value is -3.49. The van der Waals surface area contributed by atoms with Crippen LogP contribution in [0.25, 0.3) is 27.9 Å². The van der Waals surface area contributed by atoms with Crippen molar-refractivity contribution in [3.05, 3.63) is 37.2 Å². The first-order valence-electron chi connectivity index (χ1n) is 10.8. The number of imidazole rings is 1. The summed E-state index contributed by atoms with van der Waals surface area (Å²) in [5.41, 5.74) is 2.48. The third kappa shape index (κ3) is 3.03. The number of H-pyrrole nitrogens is 1. The van der Waals surface area contributed by atoms with Crippen LogP contribution in [0, 0.1) is 5.41 Å². The second-order valence-electron chi connectivity index (χ2n) is 8.94. The third-order valence-electron chi connectivity index (χ3n) is 6.63. The Morgan fingerprint density at radius 1 is 1.19 bits per heavy atom. The van der Waals surface area contributed by atoms with Gasteiger partial charge in [0.2, 0.25) is 17.6 Å². The summed E-state index contributed by atoms with van der Waals surface area (Å²) in [5, 5.41) is 4.34. The number of amides is 1. The van der Waals surface area contributed by atoms with Crippen LogP contribution in [0.4, 0.5) is 5.95 Å². The number of hydrogen-bond acceptors (Lipinski definition) is 6. The van der Waals surface area contributed by atoms with Gasteiger partial charge in [0.25, 0.3) is 0 Å². The van der Waals surface area contributed by atoms with Crippen LogP contribution in [0.1, 0.15) is 32.6 Å². The third-order valence-corrected chi connectivity index (χ3v) is 6.63. The van der Waals surface area contributed by atoms with Gasteiger partial charge in [-0.2, -0.15) is 4.98 Å². The molecule has 2 aliphatic rings. The van der Waals surface area contributed by atoms with Gasteiger partial charge in [0.1, 0.15) is 5.65 Å². The van der Waals surface area contributed by atoms with Crippen LogP contribution in [0.3, 0.4) is 0 Å². The molecule has 4 aromatic heterocycles. The second kappa shape index (κ2) is 6.76. The lowest BCUT2D eigenvalue weighted by atomic mass is 9.66. The molecule has 1 saturated carbocycles. The lowest BCUT2D eigenvalue weighted by Crippen LogP contribution is -2.53. The fourth-order valence-electron chi connectivity index (χ4n) is 4.96. The summed E-state index contributed by atoms with van der Waals surface area (Å²) in [4.78, 5) is 35.8. The van der Waals surface area contributed by atoms with Crippen molar-refractivity contribution in [3.63, 3.8) is 0 Å². The van der Waals surface area contributed by atoms with Gasteiger partial charge in [-0.15, -0.1) is 0 Å². The van der Waals surface area contributed by atoms with Crippen molar-refractivity contribution in [2.45, 2.75) is 38.6 Å². The van der Waals surface area contributed by atoms with E-state index in [1.54, 1.807) is 6.20 Å². The topological polar surface area (TPSA) is 104 Å². The molecule has 0 aromatic carbocycles. The van der Waals surface area contributed by atoms with Gasteiger partial charge >= 0.3 is 0 Å². The zero-order valence-corrected chi connectivity index (χ0v) is 17.4. The molecule has 31 heavy (non-hydrogen) atoms. The Bertz CT molecular complexity index is 1280. The number of nitrogens with one attached hydrogen (secondary N) is 2. The van der Waals surface area contributed by atoms with E-state index in [0.717, 1.165) is 60.9 Å². The SMILES string of the molecule is C[C@]1(C(=O)N2CCCC2)C[C@H](Nc2ncc3c(-c4cnc5nccn5c4)c[nH]c3n2)C1. The van der Waals surface area contributed by atoms with Crippen LogP contribution in [-0.4, -0.2) is 59.3 Å². The van der Waals surface area contributed by atoms with E-state index in [1.165, 1.54) is 0 Å². The van der Waals surface area contributed by atoms with Gasteiger partial charge in [-0.1, -0.05) is 6.92 Å². The number of nitrogens with zero attached hydrogens (tertiary/aromatic N) is 6. The molecule has 0 spiro atoms. The summed E-state index contributed by atoms with van der Waals surface area (Å²) in [6.45, 7) is 3.90. The number of anilines is 1. The number of aromatic amines is 1. The molecule has 0 unspecified atom stereocenters. The summed E-state index contributed by atoms with van der Waals surface area (Å²) in [7, 11) is 0. The number of carbonyl (C=O) groups excluding carboxylic acids is 1. The zero-order valence-electron chi connectivity index (χ0n) is 17.4. The normalized spacial score (nSPS) is 23.4. The Labute approximate surface area is 178 Å². The van der Waals surface area contributed by atoms with Gasteiger partial charge in [0.15, 0.2) is 0 Å². The van der Waals surface area contributed by atoms with Crippen molar-refractivity contribution in [1.82, 2.24) is 34.2 Å². The number of fused-ring (bicyclic) bond motifs is 2. The minimum Gasteiger partial charge on any atom is -0.351 e. The van der Waals surface area contributed by atoms with Crippen molar-refractivity contribution < 1.29 is 4.79 Å².